The van der Waals surface area contributed by atoms with Crippen molar-refractivity contribution in [3.8, 4) is 0 Å². The highest BCUT2D eigenvalue weighted by atomic mass is 32.2. The van der Waals surface area contributed by atoms with Crippen LogP contribution in [0.1, 0.15) is 25.8 Å². The highest BCUT2D eigenvalue weighted by Gasteiger charge is 2.25. The average Bonchev–Trinajstić information content (AvgIpc) is 2.34. The Labute approximate surface area is 113 Å². The average molecular weight is 285 g/mol. The molecule has 0 saturated carbocycles. The van der Waals surface area contributed by atoms with Crippen molar-refractivity contribution >= 4 is 16.0 Å². The van der Waals surface area contributed by atoms with Crippen molar-refractivity contribution in [1.29, 1.82) is 0 Å². The molecule has 1 rings (SSSR count). The fourth-order valence-electron chi connectivity index (χ4n) is 1.70. The van der Waals surface area contributed by atoms with Gasteiger partial charge in [-0.2, -0.15) is 4.31 Å². The molecule has 19 heavy (non-hydrogen) atoms. The van der Waals surface area contributed by atoms with Crippen molar-refractivity contribution in [1.82, 2.24) is 4.31 Å². The van der Waals surface area contributed by atoms with Gasteiger partial charge < -0.3 is 5.11 Å². The fraction of sp³-hybridized carbons (Fsp3) is 0.462. The van der Waals surface area contributed by atoms with Gasteiger partial charge in [0.15, 0.2) is 0 Å². The Bertz CT molecular complexity index is 511. The Kier molecular flexibility index (Phi) is 5.50. The summed E-state index contributed by atoms with van der Waals surface area (Å²) in [6, 6.07) is 9.04. The smallest absolute Gasteiger partial charge is 0.304 e. The van der Waals surface area contributed by atoms with E-state index >= 15 is 0 Å². The van der Waals surface area contributed by atoms with E-state index in [0.29, 0.717) is 0 Å². The van der Waals surface area contributed by atoms with Gasteiger partial charge in [0, 0.05) is 12.6 Å². The number of benzene rings is 1. The minimum atomic E-state index is -3.56. The summed E-state index contributed by atoms with van der Waals surface area (Å²) in [7, 11) is -3.56. The Morgan fingerprint density at radius 3 is 2.32 bits per heavy atom. The normalized spacial score (nSPS) is 12.0. The fourth-order valence-corrected chi connectivity index (χ4v) is 3.35. The molecule has 0 spiro atoms. The summed E-state index contributed by atoms with van der Waals surface area (Å²) in [5.74, 6) is -1.47. The zero-order chi connectivity index (χ0) is 14.5. The number of sulfonamides is 1. The molecule has 0 aliphatic carbocycles. The van der Waals surface area contributed by atoms with Crippen LogP contribution in [0.25, 0.3) is 0 Å². The minimum absolute atomic E-state index is 0.209. The number of hydrogen-bond donors (Lipinski definition) is 1. The third kappa shape index (κ3) is 5.00. The van der Waals surface area contributed by atoms with E-state index in [1.807, 2.05) is 30.3 Å². The number of carbonyl (C=O) groups is 1. The molecule has 6 heteroatoms. The largest absolute Gasteiger partial charge is 0.481 e. The van der Waals surface area contributed by atoms with Crippen LogP contribution in [0.4, 0.5) is 0 Å². The first-order chi connectivity index (χ1) is 8.83. The molecule has 1 N–H and O–H groups in total. The number of carboxylic acids is 1. The molecule has 1 aromatic rings. The molecule has 5 nitrogen and oxygen atoms in total. The summed E-state index contributed by atoms with van der Waals surface area (Å²) in [4.78, 5) is 10.5. The van der Waals surface area contributed by atoms with Gasteiger partial charge in [0.05, 0.1) is 12.2 Å². The van der Waals surface area contributed by atoms with Gasteiger partial charge in [-0.05, 0) is 19.4 Å². The molecule has 0 unspecified atom stereocenters. The number of hydrogen-bond acceptors (Lipinski definition) is 3. The second kappa shape index (κ2) is 6.68. The molecule has 106 valence electrons. The molecular formula is C13H19NO4S. The second-order valence-electron chi connectivity index (χ2n) is 4.58. The molecule has 0 atom stereocenters. The monoisotopic (exact) mass is 285 g/mol. The molecule has 0 saturated heterocycles. The summed E-state index contributed by atoms with van der Waals surface area (Å²) in [6.07, 6.45) is -0.375. The van der Waals surface area contributed by atoms with E-state index < -0.39 is 16.0 Å². The number of nitrogens with zero attached hydrogens (tertiary/aromatic N) is 1. The summed E-state index contributed by atoms with van der Waals surface area (Å²) >= 11 is 0. The first-order valence-corrected chi connectivity index (χ1v) is 7.69. The first kappa shape index (κ1) is 15.7. The van der Waals surface area contributed by atoms with Crippen molar-refractivity contribution in [3.05, 3.63) is 35.9 Å². The molecule has 0 bridgehead atoms. The van der Waals surface area contributed by atoms with Crippen LogP contribution in [-0.4, -0.2) is 35.6 Å². The van der Waals surface area contributed by atoms with E-state index in [9.17, 15) is 13.2 Å². The molecule has 1 aromatic carbocycles. The van der Waals surface area contributed by atoms with E-state index in [2.05, 4.69) is 0 Å². The summed E-state index contributed by atoms with van der Waals surface area (Å²) in [5, 5.41) is 8.60. The van der Waals surface area contributed by atoms with Gasteiger partial charge in [0.2, 0.25) is 10.0 Å². The van der Waals surface area contributed by atoms with Gasteiger partial charge in [-0.25, -0.2) is 8.42 Å². The standard InChI is InChI=1S/C13H19NO4S/c1-11(2)14(10-12-6-4-3-5-7-12)19(17,18)9-8-13(15)16/h3-7,11H,8-10H2,1-2H3,(H,15,16). The van der Waals surface area contributed by atoms with Crippen LogP contribution in [0, 0.1) is 0 Å². The highest BCUT2D eigenvalue weighted by Crippen LogP contribution is 2.14. The van der Waals surface area contributed by atoms with E-state index in [0.717, 1.165) is 5.56 Å². The topological polar surface area (TPSA) is 74.7 Å². The molecular weight excluding hydrogens is 266 g/mol. The Morgan fingerprint density at radius 1 is 1.26 bits per heavy atom. The van der Waals surface area contributed by atoms with Crippen LogP contribution in [0.15, 0.2) is 30.3 Å². The van der Waals surface area contributed by atoms with E-state index in [-0.39, 0.29) is 24.8 Å². The van der Waals surface area contributed by atoms with Gasteiger partial charge in [0.1, 0.15) is 0 Å². The highest BCUT2D eigenvalue weighted by molar-refractivity contribution is 7.89. The summed E-state index contributed by atoms with van der Waals surface area (Å²) in [6.45, 7) is 3.82. The Balaban J connectivity index is 2.85. The van der Waals surface area contributed by atoms with Crippen LogP contribution < -0.4 is 0 Å². The SMILES string of the molecule is CC(C)N(Cc1ccccc1)S(=O)(=O)CCC(=O)O. The van der Waals surface area contributed by atoms with Crippen LogP contribution in [-0.2, 0) is 21.4 Å². The molecule has 0 aliphatic heterocycles. The molecule has 0 aromatic heterocycles. The molecule has 0 amide bonds. The quantitative estimate of drug-likeness (QED) is 0.827. The Hall–Kier alpha value is -1.40. The zero-order valence-corrected chi connectivity index (χ0v) is 11.9. The lowest BCUT2D eigenvalue weighted by molar-refractivity contribution is -0.136. The third-order valence-corrected chi connectivity index (χ3v) is 4.67. The van der Waals surface area contributed by atoms with Gasteiger partial charge in [-0.15, -0.1) is 0 Å². The number of aliphatic carboxylic acids is 1. The molecule has 0 radical (unpaired) electrons. The Morgan fingerprint density at radius 2 is 1.84 bits per heavy atom. The lowest BCUT2D eigenvalue weighted by Gasteiger charge is -2.25. The lowest BCUT2D eigenvalue weighted by Crippen LogP contribution is -2.38. The van der Waals surface area contributed by atoms with Crippen LogP contribution in [0.3, 0.4) is 0 Å². The van der Waals surface area contributed by atoms with E-state index in [1.54, 1.807) is 13.8 Å². The molecule has 0 heterocycles. The maximum absolute atomic E-state index is 12.1. The van der Waals surface area contributed by atoms with Gasteiger partial charge >= 0.3 is 5.97 Å². The predicted octanol–water partition coefficient (Wildman–Crippen LogP) is 1.70. The number of rotatable bonds is 7. The predicted molar refractivity (Wildman–Crippen MR) is 73.2 cm³/mol. The van der Waals surface area contributed by atoms with Crippen molar-refractivity contribution in [2.24, 2.45) is 0 Å². The van der Waals surface area contributed by atoms with Gasteiger partial charge in [0.25, 0.3) is 0 Å². The van der Waals surface area contributed by atoms with Gasteiger partial charge in [-0.3, -0.25) is 4.79 Å². The summed E-state index contributed by atoms with van der Waals surface area (Å²) in [5.41, 5.74) is 0.884. The van der Waals surface area contributed by atoms with Crippen LogP contribution in [0.5, 0.6) is 0 Å². The molecule has 0 fully saturated rings. The second-order valence-corrected chi connectivity index (χ2v) is 6.63. The van der Waals surface area contributed by atoms with Crippen LogP contribution >= 0.6 is 0 Å². The number of carboxylic acid groups (broad SMARTS) is 1. The van der Waals surface area contributed by atoms with E-state index in [1.165, 1.54) is 4.31 Å². The van der Waals surface area contributed by atoms with E-state index in [4.69, 9.17) is 5.11 Å². The maximum atomic E-state index is 12.1. The van der Waals surface area contributed by atoms with Crippen molar-refractivity contribution < 1.29 is 18.3 Å². The van der Waals surface area contributed by atoms with Gasteiger partial charge in [-0.1, -0.05) is 30.3 Å². The first-order valence-electron chi connectivity index (χ1n) is 6.08. The maximum Gasteiger partial charge on any atom is 0.304 e. The zero-order valence-electron chi connectivity index (χ0n) is 11.1. The third-order valence-electron chi connectivity index (χ3n) is 2.69. The summed E-state index contributed by atoms with van der Waals surface area (Å²) < 4.78 is 25.6. The lowest BCUT2D eigenvalue weighted by atomic mass is 10.2. The van der Waals surface area contributed by atoms with Crippen molar-refractivity contribution in [2.75, 3.05) is 5.75 Å². The van der Waals surface area contributed by atoms with Crippen LogP contribution in [0.2, 0.25) is 0 Å². The van der Waals surface area contributed by atoms with Crippen molar-refractivity contribution in [2.45, 2.75) is 32.9 Å². The van der Waals surface area contributed by atoms with Crippen molar-refractivity contribution in [3.63, 3.8) is 0 Å². The molecule has 0 aliphatic rings. The minimum Gasteiger partial charge on any atom is -0.481 e.